The predicted octanol–water partition coefficient (Wildman–Crippen LogP) is 6.15. The second kappa shape index (κ2) is 9.47. The Balaban J connectivity index is 1.39. The average Bonchev–Trinajstić information content (AvgIpc) is 3.25. The lowest BCUT2D eigenvalue weighted by molar-refractivity contribution is 0.101. The molecule has 0 aliphatic heterocycles. The summed E-state index contributed by atoms with van der Waals surface area (Å²) in [6.45, 7) is 3.94. The fourth-order valence-electron chi connectivity index (χ4n) is 3.45. The molecule has 0 atom stereocenters. The van der Waals surface area contributed by atoms with E-state index in [1.165, 1.54) is 18.4 Å². The molecule has 0 bridgehead atoms. The molecule has 6 heteroatoms. The van der Waals surface area contributed by atoms with E-state index in [2.05, 4.69) is 4.98 Å². The van der Waals surface area contributed by atoms with Crippen molar-refractivity contribution in [2.75, 3.05) is 0 Å². The van der Waals surface area contributed by atoms with Crippen LogP contribution in [0, 0.1) is 12.7 Å². The molecular weight excluding hydrogens is 409 g/mol. The van der Waals surface area contributed by atoms with Gasteiger partial charge >= 0.3 is 0 Å². The number of hydrogen-bond donors (Lipinski definition) is 0. The van der Waals surface area contributed by atoms with Crippen molar-refractivity contribution in [2.45, 2.75) is 27.1 Å². The second-order valence-electron chi connectivity index (χ2n) is 7.37. The molecule has 0 N–H and O–H groups in total. The molecule has 5 nitrogen and oxygen atoms in total. The summed E-state index contributed by atoms with van der Waals surface area (Å²) < 4.78 is 30.5. The van der Waals surface area contributed by atoms with Crippen molar-refractivity contribution < 1.29 is 23.1 Å². The highest BCUT2D eigenvalue weighted by molar-refractivity contribution is 5.96. The van der Waals surface area contributed by atoms with Crippen molar-refractivity contribution >= 4 is 5.78 Å². The number of aromatic nitrogens is 1. The number of hydrogen-bond acceptors (Lipinski definition) is 5. The largest absolute Gasteiger partial charge is 0.489 e. The molecule has 4 aromatic rings. The van der Waals surface area contributed by atoms with Crippen LogP contribution >= 0.6 is 0 Å². The summed E-state index contributed by atoms with van der Waals surface area (Å²) in [6, 6.07) is 19.0. The third kappa shape index (κ3) is 5.03. The van der Waals surface area contributed by atoms with Gasteiger partial charge in [-0.25, -0.2) is 9.37 Å². The van der Waals surface area contributed by atoms with Gasteiger partial charge in [0.05, 0.1) is 0 Å². The Morgan fingerprint density at radius 1 is 0.969 bits per heavy atom. The number of oxazole rings is 1. The van der Waals surface area contributed by atoms with Crippen LogP contribution in [0.4, 0.5) is 4.39 Å². The number of benzene rings is 3. The Bertz CT molecular complexity index is 1250. The smallest absolute Gasteiger partial charge is 0.226 e. The molecule has 1 heterocycles. The SMILES string of the molecule is CC(=O)c1c(C)cccc1COc1cccc(OCc2coc(-c3cccc(F)c3)n2)c1. The summed E-state index contributed by atoms with van der Waals surface area (Å²) >= 11 is 0. The van der Waals surface area contributed by atoms with Crippen molar-refractivity contribution in [3.05, 3.63) is 101 Å². The van der Waals surface area contributed by atoms with Crippen molar-refractivity contribution in [1.29, 1.82) is 0 Å². The van der Waals surface area contributed by atoms with Crippen LogP contribution in [0.15, 0.2) is 77.4 Å². The van der Waals surface area contributed by atoms with E-state index in [0.29, 0.717) is 34.2 Å². The van der Waals surface area contributed by atoms with E-state index in [1.807, 2.05) is 43.3 Å². The van der Waals surface area contributed by atoms with Gasteiger partial charge in [-0.1, -0.05) is 30.3 Å². The molecule has 0 unspecified atom stereocenters. The normalized spacial score (nSPS) is 10.7. The van der Waals surface area contributed by atoms with Gasteiger partial charge in [0, 0.05) is 22.8 Å². The van der Waals surface area contributed by atoms with Crippen LogP contribution in [-0.4, -0.2) is 10.8 Å². The third-order valence-electron chi connectivity index (χ3n) is 4.92. The third-order valence-corrected chi connectivity index (χ3v) is 4.92. The van der Waals surface area contributed by atoms with Crippen LogP contribution in [0.1, 0.15) is 34.1 Å². The van der Waals surface area contributed by atoms with Gasteiger partial charge in [-0.05, 0) is 49.7 Å². The van der Waals surface area contributed by atoms with Crippen molar-refractivity contribution in [2.24, 2.45) is 0 Å². The maximum absolute atomic E-state index is 13.4. The minimum absolute atomic E-state index is 0.0176. The summed E-state index contributed by atoms with van der Waals surface area (Å²) in [7, 11) is 0. The lowest BCUT2D eigenvalue weighted by atomic mass is 9.99. The number of carbonyl (C=O) groups is 1. The number of ketones is 1. The van der Waals surface area contributed by atoms with Crippen LogP contribution in [0.3, 0.4) is 0 Å². The zero-order valence-electron chi connectivity index (χ0n) is 17.8. The number of ether oxygens (including phenoxy) is 2. The first-order chi connectivity index (χ1) is 15.5. The van der Waals surface area contributed by atoms with Crippen molar-refractivity contribution in [1.82, 2.24) is 4.98 Å². The van der Waals surface area contributed by atoms with Crippen LogP contribution in [0.5, 0.6) is 11.5 Å². The molecular formula is C26H22FNO4. The fraction of sp³-hybridized carbons (Fsp3) is 0.154. The number of Topliss-reactive ketones (excluding diaryl/α,β-unsaturated/α-hetero) is 1. The van der Waals surface area contributed by atoms with Gasteiger partial charge in [0.15, 0.2) is 5.78 Å². The molecule has 32 heavy (non-hydrogen) atoms. The summed E-state index contributed by atoms with van der Waals surface area (Å²) in [5.74, 6) is 1.23. The Morgan fingerprint density at radius 3 is 2.44 bits per heavy atom. The fourth-order valence-corrected chi connectivity index (χ4v) is 3.45. The van der Waals surface area contributed by atoms with E-state index in [4.69, 9.17) is 13.9 Å². The number of aryl methyl sites for hydroxylation is 1. The van der Waals surface area contributed by atoms with Gasteiger partial charge in [-0.3, -0.25) is 4.79 Å². The Labute approximate surface area is 185 Å². The van der Waals surface area contributed by atoms with Gasteiger partial charge in [0.25, 0.3) is 0 Å². The standard InChI is InChI=1S/C26H22FNO4/c1-17-6-3-8-20(25(17)18(2)29)14-30-23-10-5-11-24(13-23)31-15-22-16-32-26(28-22)19-7-4-9-21(27)12-19/h3-13,16H,14-15H2,1-2H3. The van der Waals surface area contributed by atoms with Crippen LogP contribution < -0.4 is 9.47 Å². The number of nitrogens with zero attached hydrogens (tertiary/aromatic N) is 1. The lowest BCUT2D eigenvalue weighted by Gasteiger charge is -2.12. The minimum atomic E-state index is -0.351. The highest BCUT2D eigenvalue weighted by atomic mass is 19.1. The maximum Gasteiger partial charge on any atom is 0.226 e. The zero-order chi connectivity index (χ0) is 22.5. The summed E-state index contributed by atoms with van der Waals surface area (Å²) in [5, 5.41) is 0. The van der Waals surface area contributed by atoms with E-state index in [0.717, 1.165) is 11.1 Å². The monoisotopic (exact) mass is 431 g/mol. The number of halogens is 1. The quantitative estimate of drug-likeness (QED) is 0.313. The lowest BCUT2D eigenvalue weighted by Crippen LogP contribution is -2.06. The zero-order valence-corrected chi connectivity index (χ0v) is 17.8. The van der Waals surface area contributed by atoms with Crippen molar-refractivity contribution in [3.63, 3.8) is 0 Å². The van der Waals surface area contributed by atoms with E-state index in [1.54, 1.807) is 25.1 Å². The molecule has 3 aromatic carbocycles. The van der Waals surface area contributed by atoms with E-state index < -0.39 is 0 Å². The van der Waals surface area contributed by atoms with E-state index in [9.17, 15) is 9.18 Å². The summed E-state index contributed by atoms with van der Waals surface area (Å²) in [5.41, 5.74) is 3.62. The van der Waals surface area contributed by atoms with Crippen LogP contribution in [-0.2, 0) is 13.2 Å². The Hall–Kier alpha value is -3.93. The molecule has 0 spiro atoms. The van der Waals surface area contributed by atoms with Gasteiger partial charge < -0.3 is 13.9 Å². The maximum atomic E-state index is 13.4. The van der Waals surface area contributed by atoms with Crippen LogP contribution in [0.2, 0.25) is 0 Å². The molecule has 1 aromatic heterocycles. The van der Waals surface area contributed by atoms with Gasteiger partial charge in [-0.15, -0.1) is 0 Å². The molecule has 0 aliphatic rings. The molecule has 0 amide bonds. The first-order valence-electron chi connectivity index (χ1n) is 10.1. The molecule has 0 fully saturated rings. The van der Waals surface area contributed by atoms with Gasteiger partial charge in [0.1, 0.15) is 42.5 Å². The second-order valence-corrected chi connectivity index (χ2v) is 7.37. The average molecular weight is 431 g/mol. The molecule has 0 radical (unpaired) electrons. The highest BCUT2D eigenvalue weighted by Crippen LogP contribution is 2.24. The highest BCUT2D eigenvalue weighted by Gasteiger charge is 2.11. The Morgan fingerprint density at radius 2 is 1.69 bits per heavy atom. The van der Waals surface area contributed by atoms with Crippen LogP contribution in [0.25, 0.3) is 11.5 Å². The molecule has 162 valence electrons. The number of carbonyl (C=O) groups excluding carboxylic acids is 1. The van der Waals surface area contributed by atoms with E-state index >= 15 is 0 Å². The molecule has 0 saturated heterocycles. The van der Waals surface area contributed by atoms with Gasteiger partial charge in [-0.2, -0.15) is 0 Å². The first-order valence-corrected chi connectivity index (χ1v) is 10.1. The minimum Gasteiger partial charge on any atom is -0.489 e. The number of rotatable bonds is 8. The topological polar surface area (TPSA) is 61.6 Å². The molecule has 4 rings (SSSR count). The van der Waals surface area contributed by atoms with Gasteiger partial charge in [0.2, 0.25) is 5.89 Å². The Kier molecular flexibility index (Phi) is 6.31. The molecule has 0 saturated carbocycles. The predicted molar refractivity (Wildman–Crippen MR) is 118 cm³/mol. The van der Waals surface area contributed by atoms with E-state index in [-0.39, 0.29) is 24.8 Å². The van der Waals surface area contributed by atoms with Crippen molar-refractivity contribution in [3.8, 4) is 23.0 Å². The first kappa shape index (κ1) is 21.3. The molecule has 0 aliphatic carbocycles. The summed E-state index contributed by atoms with van der Waals surface area (Å²) in [4.78, 5) is 16.3. The summed E-state index contributed by atoms with van der Waals surface area (Å²) in [6.07, 6.45) is 1.49.